The van der Waals surface area contributed by atoms with Gasteiger partial charge in [-0.3, -0.25) is 0 Å². The van der Waals surface area contributed by atoms with Crippen LogP contribution in [0.1, 0.15) is 34.6 Å². The Labute approximate surface area is 139 Å². The van der Waals surface area contributed by atoms with E-state index >= 15 is 8.78 Å². The second-order valence-corrected chi connectivity index (χ2v) is 5.99. The minimum atomic E-state index is -3.74. The highest BCUT2D eigenvalue weighted by molar-refractivity contribution is 5.88. The molecule has 1 saturated heterocycles. The van der Waals surface area contributed by atoms with Crippen LogP contribution in [0.25, 0.3) is 0 Å². The molecule has 0 unspecified atom stereocenters. The third kappa shape index (κ3) is 2.15. The van der Waals surface area contributed by atoms with Crippen molar-refractivity contribution in [2.45, 2.75) is 57.8 Å². The van der Waals surface area contributed by atoms with E-state index in [1.54, 1.807) is 20.8 Å². The van der Waals surface area contributed by atoms with Crippen LogP contribution < -0.4 is 0 Å². The number of hydrogen-bond acceptors (Lipinski definition) is 5. The highest BCUT2D eigenvalue weighted by atomic mass is 19.3. The Morgan fingerprint density at radius 3 is 2.33 bits per heavy atom. The van der Waals surface area contributed by atoms with E-state index in [2.05, 4.69) is 0 Å². The van der Waals surface area contributed by atoms with Gasteiger partial charge >= 0.3 is 23.6 Å². The lowest BCUT2D eigenvalue weighted by Crippen LogP contribution is -2.69. The Morgan fingerprint density at radius 2 is 1.88 bits per heavy atom. The molecule has 2 aliphatic rings. The van der Waals surface area contributed by atoms with Crippen molar-refractivity contribution in [1.29, 1.82) is 0 Å². The maximum absolute atomic E-state index is 15.0. The van der Waals surface area contributed by atoms with Gasteiger partial charge < -0.3 is 19.1 Å². The van der Waals surface area contributed by atoms with Gasteiger partial charge in [-0.25, -0.2) is 9.59 Å². The second-order valence-electron chi connectivity index (χ2n) is 5.99. The van der Waals surface area contributed by atoms with Crippen molar-refractivity contribution in [3.63, 3.8) is 0 Å². The Hall–Kier alpha value is -1.70. The highest BCUT2D eigenvalue weighted by Gasteiger charge is 2.84. The summed E-state index contributed by atoms with van der Waals surface area (Å²) >= 11 is 0. The minimum absolute atomic E-state index is 0.122. The number of rotatable bonds is 5. The predicted molar refractivity (Wildman–Crippen MR) is 80.7 cm³/mol. The number of alkyl halides is 2. The first kappa shape index (κ1) is 18.6. The van der Waals surface area contributed by atoms with Crippen molar-refractivity contribution in [3.05, 3.63) is 11.6 Å². The Kier molecular flexibility index (Phi) is 4.65. The SMILES string of the molecule is CCOC(=O)[C@@]1(OC(=O)N(CC)CC)C(F)(F)[C@H]2C=C(C)[C@]1(C)O2. The first-order chi connectivity index (χ1) is 11.1. The van der Waals surface area contributed by atoms with Gasteiger partial charge in [0.2, 0.25) is 0 Å². The maximum Gasteiger partial charge on any atom is 0.411 e. The monoisotopic (exact) mass is 347 g/mol. The molecule has 0 spiro atoms. The number of hydrogen-bond donors (Lipinski definition) is 0. The zero-order chi connectivity index (χ0) is 18.3. The highest BCUT2D eigenvalue weighted by Crippen LogP contribution is 2.60. The van der Waals surface area contributed by atoms with Crippen LogP contribution in [0.3, 0.4) is 0 Å². The average molecular weight is 347 g/mol. The van der Waals surface area contributed by atoms with Gasteiger partial charge in [0, 0.05) is 13.1 Å². The van der Waals surface area contributed by atoms with Gasteiger partial charge in [-0.15, -0.1) is 0 Å². The normalized spacial score (nSPS) is 33.1. The fraction of sp³-hybridized carbons (Fsp3) is 0.750. The van der Waals surface area contributed by atoms with Crippen molar-refractivity contribution in [1.82, 2.24) is 4.90 Å². The first-order valence-corrected chi connectivity index (χ1v) is 8.02. The van der Waals surface area contributed by atoms with Crippen LogP contribution in [0.2, 0.25) is 0 Å². The molecule has 0 aromatic carbocycles. The molecule has 1 amide bonds. The van der Waals surface area contributed by atoms with Crippen LogP contribution in [-0.4, -0.2) is 59.9 Å². The second kappa shape index (κ2) is 5.98. The van der Waals surface area contributed by atoms with E-state index in [4.69, 9.17) is 14.2 Å². The lowest BCUT2D eigenvalue weighted by Gasteiger charge is -2.43. The third-order valence-electron chi connectivity index (χ3n) is 4.84. The van der Waals surface area contributed by atoms with E-state index < -0.39 is 35.3 Å². The van der Waals surface area contributed by atoms with Gasteiger partial charge in [0.15, 0.2) is 0 Å². The third-order valence-corrected chi connectivity index (χ3v) is 4.84. The molecule has 8 heteroatoms. The van der Waals surface area contributed by atoms with E-state index in [1.165, 1.54) is 24.8 Å². The fourth-order valence-electron chi connectivity index (χ4n) is 3.27. The van der Waals surface area contributed by atoms with Crippen molar-refractivity contribution in [3.8, 4) is 0 Å². The molecule has 6 nitrogen and oxygen atoms in total. The topological polar surface area (TPSA) is 65.1 Å². The summed E-state index contributed by atoms with van der Waals surface area (Å²) in [6.45, 7) is 8.15. The number of halogens is 2. The lowest BCUT2D eigenvalue weighted by atomic mass is 9.72. The molecular formula is C16H23F2NO5. The average Bonchev–Trinajstić information content (AvgIpc) is 2.90. The van der Waals surface area contributed by atoms with Crippen molar-refractivity contribution < 1.29 is 32.6 Å². The van der Waals surface area contributed by atoms with Crippen LogP contribution in [0.5, 0.6) is 0 Å². The quantitative estimate of drug-likeness (QED) is 0.565. The molecule has 0 aromatic heterocycles. The number of amides is 1. The van der Waals surface area contributed by atoms with Gasteiger partial charge in [0.05, 0.1) is 6.61 Å². The number of carbonyl (C=O) groups excluding carboxylic acids is 2. The number of nitrogens with zero attached hydrogens (tertiary/aromatic N) is 1. The summed E-state index contributed by atoms with van der Waals surface area (Å²) < 4.78 is 45.4. The molecule has 24 heavy (non-hydrogen) atoms. The molecule has 2 rings (SSSR count). The number of fused-ring (bicyclic) bond motifs is 2. The molecule has 0 aromatic rings. The first-order valence-electron chi connectivity index (χ1n) is 8.02. The summed E-state index contributed by atoms with van der Waals surface area (Å²) in [6.07, 6.45) is -1.39. The standard InChI is InChI=1S/C16H23F2NO5/c1-6-19(7-2)13(21)24-15(12(20)22-8-3)14(5)10(4)9-11(23-14)16(15,17)18/h9,11H,6-8H2,1-5H3/t11-,14+,15+/m1/s1. The summed E-state index contributed by atoms with van der Waals surface area (Å²) in [4.78, 5) is 26.1. The Bertz CT molecular complexity index is 575. The van der Waals surface area contributed by atoms with Crippen LogP contribution in [0.4, 0.5) is 13.6 Å². The summed E-state index contributed by atoms with van der Waals surface area (Å²) in [5.74, 6) is -5.04. The van der Waals surface area contributed by atoms with Gasteiger partial charge in [-0.1, -0.05) is 0 Å². The molecule has 2 heterocycles. The van der Waals surface area contributed by atoms with Crippen molar-refractivity contribution in [2.75, 3.05) is 19.7 Å². The predicted octanol–water partition coefficient (Wildman–Crippen LogP) is 2.52. The summed E-state index contributed by atoms with van der Waals surface area (Å²) in [6, 6.07) is 0. The molecule has 2 aliphatic heterocycles. The van der Waals surface area contributed by atoms with Crippen LogP contribution in [-0.2, 0) is 19.0 Å². The molecule has 0 N–H and O–H groups in total. The van der Waals surface area contributed by atoms with E-state index in [9.17, 15) is 9.59 Å². The summed E-state index contributed by atoms with van der Waals surface area (Å²) in [5.41, 5.74) is -4.23. The van der Waals surface area contributed by atoms with E-state index in [1.807, 2.05) is 0 Å². The number of carbonyl (C=O) groups is 2. The number of ether oxygens (including phenoxy) is 3. The maximum atomic E-state index is 15.0. The Balaban J connectivity index is 2.55. The molecule has 136 valence electrons. The molecule has 1 fully saturated rings. The van der Waals surface area contributed by atoms with Gasteiger partial charge in [0.1, 0.15) is 11.7 Å². The number of esters is 1. The fourth-order valence-corrected chi connectivity index (χ4v) is 3.27. The smallest absolute Gasteiger partial charge is 0.411 e. The molecule has 0 aliphatic carbocycles. The van der Waals surface area contributed by atoms with E-state index in [-0.39, 0.29) is 19.7 Å². The largest absolute Gasteiger partial charge is 0.463 e. The van der Waals surface area contributed by atoms with E-state index in [0.717, 1.165) is 0 Å². The lowest BCUT2D eigenvalue weighted by molar-refractivity contribution is -0.215. The Morgan fingerprint density at radius 1 is 1.29 bits per heavy atom. The minimum Gasteiger partial charge on any atom is -0.463 e. The molecule has 3 atom stereocenters. The van der Waals surface area contributed by atoms with E-state index in [0.29, 0.717) is 5.57 Å². The van der Waals surface area contributed by atoms with Crippen molar-refractivity contribution >= 4 is 12.1 Å². The summed E-state index contributed by atoms with van der Waals surface area (Å²) in [7, 11) is 0. The van der Waals surface area contributed by atoms with Crippen LogP contribution in [0.15, 0.2) is 11.6 Å². The summed E-state index contributed by atoms with van der Waals surface area (Å²) in [5, 5.41) is 0. The van der Waals surface area contributed by atoms with Gasteiger partial charge in [0.25, 0.3) is 0 Å². The molecule has 2 bridgehead atoms. The van der Waals surface area contributed by atoms with Gasteiger partial charge in [-0.2, -0.15) is 8.78 Å². The van der Waals surface area contributed by atoms with Crippen LogP contribution >= 0.6 is 0 Å². The molecular weight excluding hydrogens is 324 g/mol. The zero-order valence-electron chi connectivity index (χ0n) is 14.5. The van der Waals surface area contributed by atoms with Gasteiger partial charge in [-0.05, 0) is 46.3 Å². The van der Waals surface area contributed by atoms with Crippen LogP contribution in [0, 0.1) is 0 Å². The zero-order valence-corrected chi connectivity index (χ0v) is 14.5. The molecule has 0 radical (unpaired) electrons. The molecule has 0 saturated carbocycles. The van der Waals surface area contributed by atoms with Crippen molar-refractivity contribution in [2.24, 2.45) is 0 Å².